The van der Waals surface area contributed by atoms with Gasteiger partial charge in [0.05, 0.1) is 11.8 Å². The molecule has 1 atom stereocenters. The summed E-state index contributed by atoms with van der Waals surface area (Å²) < 4.78 is 1.10. The first-order valence-electron chi connectivity index (χ1n) is 5.86. The smallest absolute Gasteiger partial charge is 0.0528 e. The summed E-state index contributed by atoms with van der Waals surface area (Å²) in [4.78, 5) is 2.15. The predicted molar refractivity (Wildman–Crippen MR) is 76.5 cm³/mol. The minimum Gasteiger partial charge on any atom is -0.393 e. The monoisotopic (exact) mass is 300 g/mol. The normalized spacial score (nSPS) is 12.5. The van der Waals surface area contributed by atoms with Gasteiger partial charge in [0.1, 0.15) is 0 Å². The number of nitrogens with zero attached hydrogens (tertiary/aromatic N) is 1. The van der Waals surface area contributed by atoms with Crippen LogP contribution in [0.2, 0.25) is 0 Å². The highest BCUT2D eigenvalue weighted by Crippen LogP contribution is 2.26. The van der Waals surface area contributed by atoms with Gasteiger partial charge in [0, 0.05) is 24.6 Å². The Hall–Kier alpha value is -0.580. The topological polar surface area (TPSA) is 35.5 Å². The average molecular weight is 301 g/mol. The van der Waals surface area contributed by atoms with Crippen LogP contribution in [-0.2, 0) is 6.54 Å². The molecule has 3 nitrogen and oxygen atoms in total. The number of aliphatic hydroxyl groups excluding tert-OH is 1. The number of nitrogens with one attached hydrogen (secondary N) is 1. The molecule has 0 amide bonds. The highest BCUT2D eigenvalue weighted by atomic mass is 79.9. The maximum Gasteiger partial charge on any atom is 0.0528 e. The second-order valence-electron chi connectivity index (χ2n) is 4.38. The third-order valence-corrected chi connectivity index (χ3v) is 3.32. The van der Waals surface area contributed by atoms with Gasteiger partial charge in [-0.1, -0.05) is 6.07 Å². The van der Waals surface area contributed by atoms with Crippen LogP contribution in [0.25, 0.3) is 0 Å². The minimum absolute atomic E-state index is 0.250. The van der Waals surface area contributed by atoms with Crippen LogP contribution < -0.4 is 10.2 Å². The molecule has 0 saturated heterocycles. The molecule has 1 rings (SSSR count). The van der Waals surface area contributed by atoms with Crippen LogP contribution >= 0.6 is 15.9 Å². The lowest BCUT2D eigenvalue weighted by atomic mass is 10.2. The van der Waals surface area contributed by atoms with E-state index in [1.807, 2.05) is 21.0 Å². The number of hydrogen-bond donors (Lipinski definition) is 2. The summed E-state index contributed by atoms with van der Waals surface area (Å²) in [5.74, 6) is 0. The van der Waals surface area contributed by atoms with E-state index in [1.165, 1.54) is 5.56 Å². The molecule has 2 N–H and O–H groups in total. The first-order chi connectivity index (χ1) is 8.04. The van der Waals surface area contributed by atoms with Crippen molar-refractivity contribution >= 4 is 21.6 Å². The fourth-order valence-corrected chi connectivity index (χ4v) is 2.40. The van der Waals surface area contributed by atoms with E-state index in [-0.39, 0.29) is 6.10 Å². The molecule has 0 aliphatic carbocycles. The van der Waals surface area contributed by atoms with Gasteiger partial charge in [-0.05, 0) is 54.0 Å². The molecule has 0 heterocycles. The lowest BCUT2D eigenvalue weighted by molar-refractivity contribution is 0.187. The summed E-state index contributed by atoms with van der Waals surface area (Å²) in [7, 11) is 3.98. The molecule has 0 fully saturated rings. The molecule has 1 aromatic carbocycles. The van der Waals surface area contributed by atoms with Gasteiger partial charge in [-0.3, -0.25) is 0 Å². The summed E-state index contributed by atoms with van der Waals surface area (Å²) in [5, 5.41) is 12.4. The first kappa shape index (κ1) is 14.5. The average Bonchev–Trinajstić information content (AvgIpc) is 2.26. The van der Waals surface area contributed by atoms with Crippen molar-refractivity contribution in [2.45, 2.75) is 26.0 Å². The van der Waals surface area contributed by atoms with Gasteiger partial charge in [0.25, 0.3) is 0 Å². The summed E-state index contributed by atoms with van der Waals surface area (Å²) in [6.07, 6.45) is 0.529. The van der Waals surface area contributed by atoms with Crippen molar-refractivity contribution in [3.63, 3.8) is 0 Å². The highest BCUT2D eigenvalue weighted by Gasteiger charge is 2.07. The SMILES string of the molecule is CNCc1ccc(N(C)CCC(C)O)c(Br)c1. The third kappa shape index (κ3) is 4.66. The Labute approximate surface area is 112 Å². The lowest BCUT2D eigenvalue weighted by Crippen LogP contribution is -2.22. The van der Waals surface area contributed by atoms with Crippen molar-refractivity contribution in [1.82, 2.24) is 5.32 Å². The highest BCUT2D eigenvalue weighted by molar-refractivity contribution is 9.10. The van der Waals surface area contributed by atoms with Crippen LogP contribution in [0.4, 0.5) is 5.69 Å². The van der Waals surface area contributed by atoms with Gasteiger partial charge < -0.3 is 15.3 Å². The standard InChI is InChI=1S/C13H21BrN2O/c1-10(17)6-7-16(3)13-5-4-11(9-15-2)8-12(13)14/h4-5,8,10,15,17H,6-7,9H2,1-3H3. The Morgan fingerprint density at radius 2 is 2.18 bits per heavy atom. The van der Waals surface area contributed by atoms with Gasteiger partial charge in [-0.15, -0.1) is 0 Å². The second-order valence-corrected chi connectivity index (χ2v) is 5.23. The molecule has 17 heavy (non-hydrogen) atoms. The number of rotatable bonds is 6. The first-order valence-corrected chi connectivity index (χ1v) is 6.66. The number of hydrogen-bond acceptors (Lipinski definition) is 3. The van der Waals surface area contributed by atoms with E-state index in [9.17, 15) is 5.11 Å². The lowest BCUT2D eigenvalue weighted by Gasteiger charge is -2.22. The largest absolute Gasteiger partial charge is 0.393 e. The quantitative estimate of drug-likeness (QED) is 0.847. The van der Waals surface area contributed by atoms with Crippen molar-refractivity contribution < 1.29 is 5.11 Å². The Morgan fingerprint density at radius 3 is 2.71 bits per heavy atom. The molecule has 0 aliphatic rings. The number of aliphatic hydroxyl groups is 1. The maximum atomic E-state index is 9.28. The van der Waals surface area contributed by atoms with Crippen LogP contribution in [0.5, 0.6) is 0 Å². The summed E-state index contributed by atoms with van der Waals surface area (Å²) >= 11 is 3.59. The van der Waals surface area contributed by atoms with Crippen molar-refractivity contribution in [1.29, 1.82) is 0 Å². The fraction of sp³-hybridized carbons (Fsp3) is 0.538. The molecule has 1 unspecified atom stereocenters. The molecule has 0 aromatic heterocycles. The molecule has 0 aliphatic heterocycles. The van der Waals surface area contributed by atoms with Gasteiger partial charge in [-0.2, -0.15) is 0 Å². The van der Waals surface area contributed by atoms with Gasteiger partial charge >= 0.3 is 0 Å². The van der Waals surface area contributed by atoms with Crippen LogP contribution in [0.15, 0.2) is 22.7 Å². The van der Waals surface area contributed by atoms with E-state index in [0.717, 1.165) is 29.7 Å². The zero-order valence-corrected chi connectivity index (χ0v) is 12.3. The van der Waals surface area contributed by atoms with E-state index in [2.05, 4.69) is 44.3 Å². The van der Waals surface area contributed by atoms with Crippen LogP contribution in [0.3, 0.4) is 0 Å². The molecular weight excluding hydrogens is 280 g/mol. The number of benzene rings is 1. The molecule has 1 aromatic rings. The van der Waals surface area contributed by atoms with Crippen molar-refractivity contribution in [2.75, 3.05) is 25.5 Å². The van der Waals surface area contributed by atoms with Crippen molar-refractivity contribution in [3.8, 4) is 0 Å². The molecule has 0 saturated carbocycles. The summed E-state index contributed by atoms with van der Waals surface area (Å²) in [6.45, 7) is 3.54. The third-order valence-electron chi connectivity index (χ3n) is 2.69. The Kier molecular flexibility index (Phi) is 5.95. The van der Waals surface area contributed by atoms with Crippen molar-refractivity contribution in [3.05, 3.63) is 28.2 Å². The number of halogens is 1. The fourth-order valence-electron chi connectivity index (χ4n) is 1.67. The Balaban J connectivity index is 2.70. The van der Waals surface area contributed by atoms with E-state index in [0.29, 0.717) is 0 Å². The molecule has 96 valence electrons. The summed E-state index contributed by atoms with van der Waals surface area (Å²) in [6, 6.07) is 6.36. The number of anilines is 1. The summed E-state index contributed by atoms with van der Waals surface area (Å²) in [5.41, 5.74) is 2.41. The van der Waals surface area contributed by atoms with E-state index < -0.39 is 0 Å². The maximum absolute atomic E-state index is 9.28. The molecule has 0 bridgehead atoms. The minimum atomic E-state index is -0.250. The predicted octanol–water partition coefficient (Wildman–Crippen LogP) is 2.38. The van der Waals surface area contributed by atoms with Gasteiger partial charge in [-0.25, -0.2) is 0 Å². The van der Waals surface area contributed by atoms with E-state index in [4.69, 9.17) is 0 Å². The Bertz CT molecular complexity index is 355. The zero-order chi connectivity index (χ0) is 12.8. The van der Waals surface area contributed by atoms with E-state index >= 15 is 0 Å². The Morgan fingerprint density at radius 1 is 1.47 bits per heavy atom. The van der Waals surface area contributed by atoms with Crippen LogP contribution in [0, 0.1) is 0 Å². The molecular formula is C13H21BrN2O. The zero-order valence-electron chi connectivity index (χ0n) is 10.7. The van der Waals surface area contributed by atoms with Crippen LogP contribution in [0.1, 0.15) is 18.9 Å². The molecule has 0 radical (unpaired) electrons. The van der Waals surface area contributed by atoms with Gasteiger partial charge in [0.15, 0.2) is 0 Å². The van der Waals surface area contributed by atoms with E-state index in [1.54, 1.807) is 0 Å². The molecule has 0 spiro atoms. The van der Waals surface area contributed by atoms with Gasteiger partial charge in [0.2, 0.25) is 0 Å². The molecule has 4 heteroatoms. The van der Waals surface area contributed by atoms with Crippen LogP contribution in [-0.4, -0.2) is 31.9 Å². The van der Waals surface area contributed by atoms with Crippen molar-refractivity contribution in [2.24, 2.45) is 0 Å². The second kappa shape index (κ2) is 6.99.